The molecule has 1 aliphatic rings. The van der Waals surface area contributed by atoms with Crippen molar-refractivity contribution in [2.45, 2.75) is 39.3 Å². The summed E-state index contributed by atoms with van der Waals surface area (Å²) in [5.41, 5.74) is 1.27. The van der Waals surface area contributed by atoms with Crippen molar-refractivity contribution in [3.05, 3.63) is 29.8 Å². The standard InChI is InChI=1S/C16H22N2O3/c1-4-15(19)13-6-5-7-14(10-13)17-16(20)18-8-9-21-12(3)11(18)2/h5-7,10-12H,4,8-9H2,1-3H3,(H,17,20)/t11-,12-/m0/s1. The summed E-state index contributed by atoms with van der Waals surface area (Å²) in [5, 5.41) is 2.86. The van der Waals surface area contributed by atoms with Crippen LogP contribution in [-0.2, 0) is 4.74 Å². The fourth-order valence-corrected chi connectivity index (χ4v) is 2.39. The zero-order chi connectivity index (χ0) is 15.4. The van der Waals surface area contributed by atoms with Crippen LogP contribution in [0.25, 0.3) is 0 Å². The molecular formula is C16H22N2O3. The number of nitrogens with one attached hydrogen (secondary N) is 1. The summed E-state index contributed by atoms with van der Waals surface area (Å²) < 4.78 is 5.52. The fraction of sp³-hybridized carbons (Fsp3) is 0.500. The van der Waals surface area contributed by atoms with Gasteiger partial charge in [0.15, 0.2) is 5.78 Å². The van der Waals surface area contributed by atoms with Crippen LogP contribution in [0.15, 0.2) is 24.3 Å². The van der Waals surface area contributed by atoms with Crippen LogP contribution in [0.1, 0.15) is 37.6 Å². The molecule has 0 aromatic heterocycles. The molecule has 2 amide bonds. The minimum atomic E-state index is -0.154. The Hall–Kier alpha value is -1.88. The zero-order valence-corrected chi connectivity index (χ0v) is 12.8. The van der Waals surface area contributed by atoms with Gasteiger partial charge < -0.3 is 15.0 Å². The number of nitrogens with zero attached hydrogens (tertiary/aromatic N) is 1. The van der Waals surface area contributed by atoms with Crippen molar-refractivity contribution in [1.29, 1.82) is 0 Å². The van der Waals surface area contributed by atoms with Gasteiger partial charge in [-0.3, -0.25) is 4.79 Å². The molecule has 0 bridgehead atoms. The summed E-state index contributed by atoms with van der Waals surface area (Å²) in [4.78, 5) is 25.8. The van der Waals surface area contributed by atoms with Gasteiger partial charge in [-0.2, -0.15) is 0 Å². The monoisotopic (exact) mass is 290 g/mol. The second kappa shape index (κ2) is 6.72. The first-order chi connectivity index (χ1) is 10.0. The second-order valence-corrected chi connectivity index (χ2v) is 5.30. The average Bonchev–Trinajstić information content (AvgIpc) is 2.49. The highest BCUT2D eigenvalue weighted by Gasteiger charge is 2.29. The number of amides is 2. The van der Waals surface area contributed by atoms with Crippen LogP contribution >= 0.6 is 0 Å². The van der Waals surface area contributed by atoms with Crippen LogP contribution in [0.5, 0.6) is 0 Å². The number of rotatable bonds is 3. The van der Waals surface area contributed by atoms with Crippen LogP contribution in [-0.4, -0.2) is 42.0 Å². The van der Waals surface area contributed by atoms with Gasteiger partial charge in [0.05, 0.1) is 18.8 Å². The molecule has 1 aromatic carbocycles. The maximum atomic E-state index is 12.3. The van der Waals surface area contributed by atoms with Gasteiger partial charge >= 0.3 is 6.03 Å². The lowest BCUT2D eigenvalue weighted by Crippen LogP contribution is -2.52. The molecule has 2 rings (SSSR count). The molecule has 5 nitrogen and oxygen atoms in total. The van der Waals surface area contributed by atoms with Gasteiger partial charge in [-0.1, -0.05) is 19.1 Å². The molecule has 0 saturated carbocycles. The van der Waals surface area contributed by atoms with E-state index in [1.54, 1.807) is 29.2 Å². The first kappa shape index (κ1) is 15.5. The van der Waals surface area contributed by atoms with E-state index < -0.39 is 0 Å². The number of ketones is 1. The molecule has 0 spiro atoms. The highest BCUT2D eigenvalue weighted by Crippen LogP contribution is 2.17. The van der Waals surface area contributed by atoms with E-state index in [1.807, 2.05) is 20.8 Å². The topological polar surface area (TPSA) is 58.6 Å². The smallest absolute Gasteiger partial charge is 0.322 e. The Bertz CT molecular complexity index is 530. The summed E-state index contributed by atoms with van der Waals surface area (Å²) in [6, 6.07) is 6.93. The van der Waals surface area contributed by atoms with Crippen molar-refractivity contribution in [2.24, 2.45) is 0 Å². The van der Waals surface area contributed by atoms with Gasteiger partial charge in [0.1, 0.15) is 0 Å². The minimum absolute atomic E-state index is 0.0255. The summed E-state index contributed by atoms with van der Waals surface area (Å²) in [6.07, 6.45) is 0.479. The van der Waals surface area contributed by atoms with Gasteiger partial charge in [0, 0.05) is 24.2 Å². The Morgan fingerprint density at radius 3 is 2.86 bits per heavy atom. The molecule has 0 unspecified atom stereocenters. The van der Waals surface area contributed by atoms with Gasteiger partial charge in [-0.15, -0.1) is 0 Å². The Morgan fingerprint density at radius 2 is 2.14 bits per heavy atom. The van der Waals surface area contributed by atoms with Crippen LogP contribution < -0.4 is 5.32 Å². The van der Waals surface area contributed by atoms with Crippen molar-refractivity contribution in [1.82, 2.24) is 4.90 Å². The Labute approximate surface area is 125 Å². The molecule has 0 radical (unpaired) electrons. The number of carbonyl (C=O) groups is 2. The highest BCUT2D eigenvalue weighted by atomic mass is 16.5. The predicted molar refractivity (Wildman–Crippen MR) is 81.7 cm³/mol. The van der Waals surface area contributed by atoms with Crippen LogP contribution in [0.2, 0.25) is 0 Å². The Kier molecular flexibility index (Phi) is 4.96. The summed E-state index contributed by atoms with van der Waals surface area (Å²) >= 11 is 0. The van der Waals surface area contributed by atoms with Crippen molar-refractivity contribution >= 4 is 17.5 Å². The van der Waals surface area contributed by atoms with Gasteiger partial charge in [0.2, 0.25) is 0 Å². The van der Waals surface area contributed by atoms with Crippen molar-refractivity contribution in [3.8, 4) is 0 Å². The van der Waals surface area contributed by atoms with E-state index in [4.69, 9.17) is 4.74 Å². The number of Topliss-reactive ketones (excluding diaryl/α,β-unsaturated/α-hetero) is 1. The number of hydrogen-bond acceptors (Lipinski definition) is 3. The number of morpholine rings is 1. The highest BCUT2D eigenvalue weighted by molar-refractivity contribution is 5.98. The summed E-state index contributed by atoms with van der Waals surface area (Å²) in [5.74, 6) is 0.0689. The van der Waals surface area contributed by atoms with Crippen LogP contribution in [0.4, 0.5) is 10.5 Å². The molecule has 1 fully saturated rings. The SMILES string of the molecule is CCC(=O)c1cccc(NC(=O)N2CCO[C@@H](C)[C@@H]2C)c1. The molecule has 1 saturated heterocycles. The third kappa shape index (κ3) is 3.61. The fourth-order valence-electron chi connectivity index (χ4n) is 2.39. The third-order valence-corrected chi connectivity index (χ3v) is 3.90. The molecule has 21 heavy (non-hydrogen) atoms. The van der Waals surface area contributed by atoms with Gasteiger partial charge in [-0.05, 0) is 26.0 Å². The molecule has 0 aliphatic carbocycles. The lowest BCUT2D eigenvalue weighted by atomic mass is 10.1. The number of anilines is 1. The molecule has 1 N–H and O–H groups in total. The normalized spacial score (nSPS) is 22.0. The quantitative estimate of drug-likeness (QED) is 0.871. The van der Waals surface area contributed by atoms with Crippen molar-refractivity contribution < 1.29 is 14.3 Å². The molecule has 1 heterocycles. The average molecular weight is 290 g/mol. The molecule has 2 atom stereocenters. The Balaban J connectivity index is 2.07. The minimum Gasteiger partial charge on any atom is -0.375 e. The van der Waals surface area contributed by atoms with Crippen molar-refractivity contribution in [2.75, 3.05) is 18.5 Å². The first-order valence-electron chi connectivity index (χ1n) is 7.35. The molecule has 1 aromatic rings. The maximum Gasteiger partial charge on any atom is 0.322 e. The second-order valence-electron chi connectivity index (χ2n) is 5.30. The number of benzene rings is 1. The number of urea groups is 1. The third-order valence-electron chi connectivity index (χ3n) is 3.90. The van der Waals surface area contributed by atoms with E-state index in [0.29, 0.717) is 30.8 Å². The summed E-state index contributed by atoms with van der Waals surface area (Å²) in [7, 11) is 0. The van der Waals surface area contributed by atoms with E-state index >= 15 is 0 Å². The summed E-state index contributed by atoms with van der Waals surface area (Å²) in [6.45, 7) is 6.88. The lowest BCUT2D eigenvalue weighted by Gasteiger charge is -2.37. The molecule has 1 aliphatic heterocycles. The number of hydrogen-bond donors (Lipinski definition) is 1. The van der Waals surface area contributed by atoms with E-state index in [-0.39, 0.29) is 24.0 Å². The molecular weight excluding hydrogens is 268 g/mol. The van der Waals surface area contributed by atoms with E-state index in [0.717, 1.165) is 0 Å². The van der Waals surface area contributed by atoms with Crippen molar-refractivity contribution in [3.63, 3.8) is 0 Å². The maximum absolute atomic E-state index is 12.3. The number of ether oxygens (including phenoxy) is 1. The van der Waals surface area contributed by atoms with Crippen LogP contribution in [0.3, 0.4) is 0 Å². The van der Waals surface area contributed by atoms with E-state index in [2.05, 4.69) is 5.32 Å². The molecule has 5 heteroatoms. The van der Waals surface area contributed by atoms with E-state index in [1.165, 1.54) is 0 Å². The lowest BCUT2D eigenvalue weighted by molar-refractivity contribution is -0.0355. The van der Waals surface area contributed by atoms with E-state index in [9.17, 15) is 9.59 Å². The number of carbonyl (C=O) groups excluding carboxylic acids is 2. The van der Waals surface area contributed by atoms with Gasteiger partial charge in [0.25, 0.3) is 0 Å². The zero-order valence-electron chi connectivity index (χ0n) is 12.8. The Morgan fingerprint density at radius 1 is 1.38 bits per heavy atom. The first-order valence-corrected chi connectivity index (χ1v) is 7.35. The molecule has 114 valence electrons. The van der Waals surface area contributed by atoms with Gasteiger partial charge in [-0.25, -0.2) is 4.79 Å². The van der Waals surface area contributed by atoms with Crippen LogP contribution in [0, 0.1) is 0 Å². The predicted octanol–water partition coefficient (Wildman–Crippen LogP) is 2.92. The largest absolute Gasteiger partial charge is 0.375 e.